The molecule has 1 aliphatic heterocycles. The van der Waals surface area contributed by atoms with Crippen molar-refractivity contribution < 1.29 is 14.6 Å². The maximum absolute atomic E-state index is 11.2. The summed E-state index contributed by atoms with van der Waals surface area (Å²) in [5.41, 5.74) is -0.0261. The van der Waals surface area contributed by atoms with E-state index in [1.54, 1.807) is 14.2 Å². The fourth-order valence-electron chi connectivity index (χ4n) is 3.29. The van der Waals surface area contributed by atoms with E-state index in [2.05, 4.69) is 14.3 Å². The summed E-state index contributed by atoms with van der Waals surface area (Å²) >= 11 is 1.48. The lowest BCUT2D eigenvalue weighted by Gasteiger charge is -2.38. The summed E-state index contributed by atoms with van der Waals surface area (Å²) in [4.78, 5) is 6.91. The number of rotatable bonds is 5. The zero-order chi connectivity index (χ0) is 17.4. The van der Waals surface area contributed by atoms with E-state index < -0.39 is 5.60 Å². The lowest BCUT2D eigenvalue weighted by molar-refractivity contribution is 0.0114. The van der Waals surface area contributed by atoms with Crippen LogP contribution >= 0.6 is 11.5 Å². The van der Waals surface area contributed by atoms with Crippen molar-refractivity contribution in [2.75, 3.05) is 32.2 Å². The normalized spacial score (nSPS) is 19.7. The molecular weight excluding hydrogens is 338 g/mol. The minimum atomic E-state index is -0.873. The van der Waals surface area contributed by atoms with Gasteiger partial charge in [0.05, 0.1) is 19.8 Å². The molecule has 7 heteroatoms. The van der Waals surface area contributed by atoms with Crippen molar-refractivity contribution in [1.29, 1.82) is 0 Å². The molecule has 6 nitrogen and oxygen atoms in total. The van der Waals surface area contributed by atoms with E-state index in [-0.39, 0.29) is 0 Å². The highest BCUT2D eigenvalue weighted by molar-refractivity contribution is 7.09. The van der Waals surface area contributed by atoms with E-state index >= 15 is 0 Å². The molecule has 1 aromatic heterocycles. The van der Waals surface area contributed by atoms with Gasteiger partial charge in [0, 0.05) is 36.6 Å². The van der Waals surface area contributed by atoms with Crippen LogP contribution in [-0.4, -0.2) is 41.8 Å². The van der Waals surface area contributed by atoms with Gasteiger partial charge in [0.25, 0.3) is 0 Å². The lowest BCUT2D eigenvalue weighted by atomic mass is 9.84. The monoisotopic (exact) mass is 361 g/mol. The Morgan fingerprint density at radius 1 is 1.12 bits per heavy atom. The van der Waals surface area contributed by atoms with Gasteiger partial charge in [0.1, 0.15) is 17.3 Å². The smallest absolute Gasteiger partial charge is 0.205 e. The summed E-state index contributed by atoms with van der Waals surface area (Å²) in [6.45, 7) is 1.52. The molecule has 1 aliphatic carbocycles. The topological polar surface area (TPSA) is 67.7 Å². The zero-order valence-corrected chi connectivity index (χ0v) is 15.4. The molecule has 134 valence electrons. The molecule has 2 aromatic rings. The molecule has 0 spiro atoms. The summed E-state index contributed by atoms with van der Waals surface area (Å²) in [6.07, 6.45) is 3.71. The molecule has 1 saturated carbocycles. The number of aliphatic hydroxyl groups is 1. The first kappa shape index (κ1) is 16.6. The Labute approximate surface area is 151 Å². The van der Waals surface area contributed by atoms with Gasteiger partial charge in [0.2, 0.25) is 5.13 Å². The Morgan fingerprint density at radius 3 is 2.32 bits per heavy atom. The van der Waals surface area contributed by atoms with E-state index in [1.165, 1.54) is 24.4 Å². The number of ether oxygens (including phenoxy) is 2. The number of methoxy groups -OCH3 is 2. The highest BCUT2D eigenvalue weighted by Gasteiger charge is 2.36. The predicted octanol–water partition coefficient (Wildman–Crippen LogP) is 2.92. The van der Waals surface area contributed by atoms with Crippen molar-refractivity contribution in [3.63, 3.8) is 0 Å². The van der Waals surface area contributed by atoms with Crippen LogP contribution in [0.25, 0.3) is 0 Å². The van der Waals surface area contributed by atoms with Gasteiger partial charge in [-0.3, -0.25) is 0 Å². The van der Waals surface area contributed by atoms with Crippen LogP contribution in [0.2, 0.25) is 0 Å². The number of hydrogen-bond donors (Lipinski definition) is 1. The summed E-state index contributed by atoms with van der Waals surface area (Å²) in [6, 6.07) is 5.62. The van der Waals surface area contributed by atoms with Crippen molar-refractivity contribution in [3.05, 3.63) is 29.6 Å². The van der Waals surface area contributed by atoms with Crippen LogP contribution < -0.4 is 14.4 Å². The van der Waals surface area contributed by atoms with Crippen molar-refractivity contribution in [2.24, 2.45) is 0 Å². The quantitative estimate of drug-likeness (QED) is 0.883. The van der Waals surface area contributed by atoms with Crippen molar-refractivity contribution in [2.45, 2.75) is 37.2 Å². The number of hydrogen-bond acceptors (Lipinski definition) is 7. The molecule has 2 aliphatic rings. The van der Waals surface area contributed by atoms with Gasteiger partial charge >= 0.3 is 0 Å². The number of anilines is 1. The van der Waals surface area contributed by atoms with E-state index in [4.69, 9.17) is 9.47 Å². The summed E-state index contributed by atoms with van der Waals surface area (Å²) < 4.78 is 15.2. The molecular formula is C18H23N3O3S. The molecule has 0 bridgehead atoms. The maximum Gasteiger partial charge on any atom is 0.205 e. The molecule has 1 saturated heterocycles. The van der Waals surface area contributed by atoms with E-state index in [0.29, 0.717) is 30.3 Å². The first-order valence-corrected chi connectivity index (χ1v) is 9.43. The van der Waals surface area contributed by atoms with Crippen LogP contribution in [0.15, 0.2) is 18.2 Å². The largest absolute Gasteiger partial charge is 0.497 e. The molecule has 1 N–H and O–H groups in total. The van der Waals surface area contributed by atoms with Gasteiger partial charge in [-0.15, -0.1) is 0 Å². The molecule has 4 rings (SSSR count). The standard InChI is InChI=1S/C18H23N3O3S/c1-23-14-9-13(10-15(11-14)24-2)18(22)5-7-21(8-6-18)17-19-16(20-25-17)12-3-4-12/h9-12,22H,3-8H2,1-2H3. The average molecular weight is 361 g/mol. The molecule has 1 aromatic carbocycles. The first-order valence-electron chi connectivity index (χ1n) is 8.66. The summed E-state index contributed by atoms with van der Waals surface area (Å²) in [7, 11) is 3.25. The second-order valence-corrected chi connectivity index (χ2v) is 7.56. The number of nitrogens with zero attached hydrogens (tertiary/aromatic N) is 3. The van der Waals surface area contributed by atoms with E-state index in [9.17, 15) is 5.11 Å². The minimum Gasteiger partial charge on any atom is -0.497 e. The third-order valence-electron chi connectivity index (χ3n) is 5.12. The fourth-order valence-corrected chi connectivity index (χ4v) is 4.09. The van der Waals surface area contributed by atoms with Crippen LogP contribution in [0.3, 0.4) is 0 Å². The van der Waals surface area contributed by atoms with Crippen LogP contribution in [0.4, 0.5) is 5.13 Å². The molecule has 0 radical (unpaired) electrons. The first-order chi connectivity index (χ1) is 12.1. The second kappa shape index (κ2) is 6.46. The SMILES string of the molecule is COc1cc(OC)cc(C2(O)CCN(c3nc(C4CC4)ns3)CC2)c1. The van der Waals surface area contributed by atoms with E-state index in [0.717, 1.165) is 29.6 Å². The summed E-state index contributed by atoms with van der Waals surface area (Å²) in [5.74, 6) is 2.97. The van der Waals surface area contributed by atoms with Gasteiger partial charge in [-0.1, -0.05) is 0 Å². The minimum absolute atomic E-state index is 0.580. The van der Waals surface area contributed by atoms with Gasteiger partial charge < -0.3 is 19.5 Å². The van der Waals surface area contributed by atoms with Crippen molar-refractivity contribution in [3.8, 4) is 11.5 Å². The Kier molecular flexibility index (Phi) is 4.29. The zero-order valence-electron chi connectivity index (χ0n) is 14.6. The highest BCUT2D eigenvalue weighted by atomic mass is 32.1. The van der Waals surface area contributed by atoms with Crippen LogP contribution in [0.5, 0.6) is 11.5 Å². The molecule has 25 heavy (non-hydrogen) atoms. The Morgan fingerprint density at radius 2 is 1.76 bits per heavy atom. The van der Waals surface area contributed by atoms with Gasteiger partial charge in [-0.05, 0) is 43.4 Å². The number of benzene rings is 1. The third kappa shape index (κ3) is 3.30. The van der Waals surface area contributed by atoms with Gasteiger partial charge in [0.15, 0.2) is 0 Å². The van der Waals surface area contributed by atoms with Gasteiger partial charge in [-0.25, -0.2) is 4.98 Å². The third-order valence-corrected chi connectivity index (χ3v) is 5.91. The maximum atomic E-state index is 11.2. The Balaban J connectivity index is 1.49. The fraction of sp³-hybridized carbons (Fsp3) is 0.556. The molecule has 2 heterocycles. The predicted molar refractivity (Wildman–Crippen MR) is 96.8 cm³/mol. The van der Waals surface area contributed by atoms with Crippen LogP contribution in [-0.2, 0) is 5.60 Å². The molecule has 0 amide bonds. The Hall–Kier alpha value is -1.86. The lowest BCUT2D eigenvalue weighted by Crippen LogP contribution is -2.42. The van der Waals surface area contributed by atoms with Crippen molar-refractivity contribution in [1.82, 2.24) is 9.36 Å². The summed E-state index contributed by atoms with van der Waals surface area (Å²) in [5, 5.41) is 12.2. The van der Waals surface area contributed by atoms with Gasteiger partial charge in [-0.2, -0.15) is 4.37 Å². The van der Waals surface area contributed by atoms with Crippen LogP contribution in [0, 0.1) is 0 Å². The average Bonchev–Trinajstić information content (AvgIpc) is 3.39. The second-order valence-electron chi connectivity index (χ2n) is 6.83. The molecule has 2 fully saturated rings. The molecule has 0 atom stereocenters. The number of aromatic nitrogens is 2. The highest BCUT2D eigenvalue weighted by Crippen LogP contribution is 2.41. The number of piperidine rings is 1. The van der Waals surface area contributed by atoms with Crippen LogP contribution in [0.1, 0.15) is 43.0 Å². The van der Waals surface area contributed by atoms with Crippen molar-refractivity contribution >= 4 is 16.7 Å². The Bertz CT molecular complexity index is 730. The molecule has 0 unspecified atom stereocenters. The van der Waals surface area contributed by atoms with E-state index in [1.807, 2.05) is 18.2 Å².